The Morgan fingerprint density at radius 2 is 2.05 bits per heavy atom. The summed E-state index contributed by atoms with van der Waals surface area (Å²) in [6.07, 6.45) is 2.71. The van der Waals surface area contributed by atoms with Crippen molar-refractivity contribution in [1.82, 2.24) is 9.80 Å². The monoisotopic (exact) mass is 283 g/mol. The first kappa shape index (κ1) is 15.7. The molecule has 2 aliphatic heterocycles. The number of hydrogen-bond donors (Lipinski definition) is 1. The summed E-state index contributed by atoms with van der Waals surface area (Å²) in [5.74, 6) is 0.800. The zero-order valence-corrected chi connectivity index (χ0v) is 12.9. The number of nitrogens with zero attached hydrogens (tertiary/aromatic N) is 2. The largest absolute Gasteiger partial charge is 0.364 e. The van der Waals surface area contributed by atoms with Gasteiger partial charge >= 0.3 is 0 Å². The van der Waals surface area contributed by atoms with Crippen LogP contribution in [0.4, 0.5) is 0 Å². The van der Waals surface area contributed by atoms with Crippen molar-refractivity contribution in [1.29, 1.82) is 0 Å². The summed E-state index contributed by atoms with van der Waals surface area (Å²) < 4.78 is 5.72. The van der Waals surface area contributed by atoms with E-state index in [4.69, 9.17) is 10.5 Å². The molecule has 2 N–H and O–H groups in total. The molecule has 0 aromatic heterocycles. The van der Waals surface area contributed by atoms with Crippen LogP contribution in [0.1, 0.15) is 33.1 Å². The normalized spacial score (nSPS) is 30.4. The molecule has 0 aromatic rings. The number of hydrogen-bond acceptors (Lipinski definition) is 4. The summed E-state index contributed by atoms with van der Waals surface area (Å²) in [4.78, 5) is 16.9. The van der Waals surface area contributed by atoms with E-state index in [0.717, 1.165) is 52.0 Å². The minimum Gasteiger partial charge on any atom is -0.364 e. The second-order valence-corrected chi connectivity index (χ2v) is 5.98. The lowest BCUT2D eigenvalue weighted by atomic mass is 10.1. The molecule has 2 heterocycles. The van der Waals surface area contributed by atoms with Gasteiger partial charge in [0.2, 0.25) is 0 Å². The molecule has 2 rings (SSSR count). The number of rotatable bonds is 6. The first-order valence-corrected chi connectivity index (χ1v) is 8.04. The van der Waals surface area contributed by atoms with Crippen LogP contribution in [0.2, 0.25) is 0 Å². The minimum absolute atomic E-state index is 0.0815. The SMILES string of the molecule is CCN(CC)CC1CCN(C(=O)[C@@H]2CC[C@H](CN)O2)C1. The Morgan fingerprint density at radius 3 is 2.65 bits per heavy atom. The van der Waals surface area contributed by atoms with Crippen molar-refractivity contribution in [3.8, 4) is 0 Å². The third-order valence-electron chi connectivity index (χ3n) is 4.65. The summed E-state index contributed by atoms with van der Waals surface area (Å²) in [6, 6.07) is 0. The van der Waals surface area contributed by atoms with E-state index in [1.54, 1.807) is 0 Å². The highest BCUT2D eigenvalue weighted by Crippen LogP contribution is 2.24. The van der Waals surface area contributed by atoms with Gasteiger partial charge in [-0.05, 0) is 38.3 Å². The molecule has 0 aromatic carbocycles. The Bertz CT molecular complexity index is 320. The van der Waals surface area contributed by atoms with Crippen LogP contribution < -0.4 is 5.73 Å². The van der Waals surface area contributed by atoms with Gasteiger partial charge in [0.1, 0.15) is 6.10 Å². The lowest BCUT2D eigenvalue weighted by Gasteiger charge is -2.24. The molecule has 2 fully saturated rings. The van der Waals surface area contributed by atoms with Crippen LogP contribution in [-0.4, -0.2) is 67.2 Å². The maximum Gasteiger partial charge on any atom is 0.251 e. The number of amides is 1. The molecule has 116 valence electrons. The van der Waals surface area contributed by atoms with Gasteiger partial charge in [-0.3, -0.25) is 4.79 Å². The molecule has 5 nitrogen and oxygen atoms in total. The van der Waals surface area contributed by atoms with Gasteiger partial charge in [0.25, 0.3) is 5.91 Å². The molecule has 2 saturated heterocycles. The van der Waals surface area contributed by atoms with Gasteiger partial charge in [0.15, 0.2) is 0 Å². The van der Waals surface area contributed by atoms with Gasteiger partial charge < -0.3 is 20.3 Å². The maximum atomic E-state index is 12.4. The highest BCUT2D eigenvalue weighted by molar-refractivity contribution is 5.81. The van der Waals surface area contributed by atoms with Crippen molar-refractivity contribution >= 4 is 5.91 Å². The van der Waals surface area contributed by atoms with Crippen LogP contribution in [0, 0.1) is 5.92 Å². The van der Waals surface area contributed by atoms with E-state index < -0.39 is 0 Å². The molecule has 1 amide bonds. The van der Waals surface area contributed by atoms with Crippen LogP contribution in [0.25, 0.3) is 0 Å². The van der Waals surface area contributed by atoms with Crippen molar-refractivity contribution < 1.29 is 9.53 Å². The van der Waals surface area contributed by atoms with Crippen molar-refractivity contribution in [3.05, 3.63) is 0 Å². The molecule has 0 radical (unpaired) electrons. The summed E-state index contributed by atoms with van der Waals surface area (Å²) in [6.45, 7) is 9.97. The van der Waals surface area contributed by atoms with E-state index in [9.17, 15) is 4.79 Å². The first-order chi connectivity index (χ1) is 9.67. The molecule has 1 unspecified atom stereocenters. The van der Waals surface area contributed by atoms with Crippen molar-refractivity contribution in [2.24, 2.45) is 11.7 Å². The third kappa shape index (κ3) is 3.71. The average molecular weight is 283 g/mol. The Morgan fingerprint density at radius 1 is 1.30 bits per heavy atom. The average Bonchev–Trinajstić information content (AvgIpc) is 3.13. The Hall–Kier alpha value is -0.650. The van der Waals surface area contributed by atoms with E-state index in [1.807, 2.05) is 4.90 Å². The van der Waals surface area contributed by atoms with Gasteiger partial charge in [0.05, 0.1) is 6.10 Å². The number of nitrogens with two attached hydrogens (primary N) is 1. The molecule has 0 bridgehead atoms. The van der Waals surface area contributed by atoms with Gasteiger partial charge in [-0.1, -0.05) is 13.8 Å². The fourth-order valence-corrected chi connectivity index (χ4v) is 3.29. The van der Waals surface area contributed by atoms with Gasteiger partial charge in [-0.25, -0.2) is 0 Å². The van der Waals surface area contributed by atoms with Crippen LogP contribution in [0.3, 0.4) is 0 Å². The zero-order valence-electron chi connectivity index (χ0n) is 12.9. The predicted octanol–water partition coefficient (Wildman–Crippen LogP) is 0.683. The Balaban J connectivity index is 1.79. The lowest BCUT2D eigenvalue weighted by Crippen LogP contribution is -2.39. The topological polar surface area (TPSA) is 58.8 Å². The molecule has 2 aliphatic rings. The molecular weight excluding hydrogens is 254 g/mol. The number of ether oxygens (including phenoxy) is 1. The fourth-order valence-electron chi connectivity index (χ4n) is 3.29. The van der Waals surface area contributed by atoms with E-state index in [0.29, 0.717) is 12.5 Å². The van der Waals surface area contributed by atoms with Crippen molar-refractivity contribution in [2.75, 3.05) is 39.3 Å². The molecule has 20 heavy (non-hydrogen) atoms. The lowest BCUT2D eigenvalue weighted by molar-refractivity contribution is -0.141. The number of carbonyl (C=O) groups excluding carboxylic acids is 1. The molecule has 0 spiro atoms. The second kappa shape index (κ2) is 7.38. The molecule has 0 aliphatic carbocycles. The van der Waals surface area contributed by atoms with E-state index >= 15 is 0 Å². The molecule has 0 saturated carbocycles. The van der Waals surface area contributed by atoms with Crippen LogP contribution in [0.5, 0.6) is 0 Å². The highest BCUT2D eigenvalue weighted by atomic mass is 16.5. The minimum atomic E-state index is -0.240. The summed E-state index contributed by atoms with van der Waals surface area (Å²) in [5, 5.41) is 0. The first-order valence-electron chi connectivity index (χ1n) is 8.04. The summed E-state index contributed by atoms with van der Waals surface area (Å²) in [7, 11) is 0. The summed E-state index contributed by atoms with van der Waals surface area (Å²) in [5.41, 5.74) is 5.60. The maximum absolute atomic E-state index is 12.4. The predicted molar refractivity (Wildman–Crippen MR) is 79.4 cm³/mol. The Labute approximate surface area is 122 Å². The summed E-state index contributed by atoms with van der Waals surface area (Å²) >= 11 is 0. The van der Waals surface area contributed by atoms with E-state index in [1.165, 1.54) is 0 Å². The molecule has 3 atom stereocenters. The van der Waals surface area contributed by atoms with Gasteiger partial charge in [-0.15, -0.1) is 0 Å². The van der Waals surface area contributed by atoms with E-state index in [2.05, 4.69) is 18.7 Å². The van der Waals surface area contributed by atoms with Crippen molar-refractivity contribution in [2.45, 2.75) is 45.3 Å². The van der Waals surface area contributed by atoms with Gasteiger partial charge in [-0.2, -0.15) is 0 Å². The standard InChI is InChI=1S/C15H29N3O2/c1-3-17(4-2)10-12-7-8-18(11-12)15(19)14-6-5-13(9-16)20-14/h12-14H,3-11,16H2,1-2H3/t12?,13-,14+/m1/s1. The zero-order chi connectivity index (χ0) is 14.5. The van der Waals surface area contributed by atoms with Crippen molar-refractivity contribution in [3.63, 3.8) is 0 Å². The smallest absolute Gasteiger partial charge is 0.251 e. The number of carbonyl (C=O) groups is 1. The third-order valence-corrected chi connectivity index (χ3v) is 4.65. The van der Waals surface area contributed by atoms with Crippen LogP contribution in [0.15, 0.2) is 0 Å². The van der Waals surface area contributed by atoms with Crippen LogP contribution in [-0.2, 0) is 9.53 Å². The number of likely N-dealkylation sites (tertiary alicyclic amines) is 1. The highest BCUT2D eigenvalue weighted by Gasteiger charge is 2.36. The quantitative estimate of drug-likeness (QED) is 0.779. The second-order valence-electron chi connectivity index (χ2n) is 5.98. The molecular formula is C15H29N3O2. The van der Waals surface area contributed by atoms with Crippen LogP contribution >= 0.6 is 0 Å². The van der Waals surface area contributed by atoms with Gasteiger partial charge in [0, 0.05) is 26.2 Å². The fraction of sp³-hybridized carbons (Fsp3) is 0.933. The molecule has 5 heteroatoms. The Kier molecular flexibility index (Phi) is 5.81. The van der Waals surface area contributed by atoms with E-state index in [-0.39, 0.29) is 18.1 Å².